The van der Waals surface area contributed by atoms with Crippen molar-refractivity contribution < 1.29 is 0 Å². The summed E-state index contributed by atoms with van der Waals surface area (Å²) in [6, 6.07) is 10.5. The van der Waals surface area contributed by atoms with E-state index in [-0.39, 0.29) is 5.54 Å². The van der Waals surface area contributed by atoms with Crippen molar-refractivity contribution in [1.82, 2.24) is 10.3 Å². The van der Waals surface area contributed by atoms with Gasteiger partial charge in [0.15, 0.2) is 0 Å². The van der Waals surface area contributed by atoms with Gasteiger partial charge in [0, 0.05) is 42.4 Å². The first-order valence-electron chi connectivity index (χ1n) is 7.19. The molecule has 0 radical (unpaired) electrons. The van der Waals surface area contributed by atoms with Gasteiger partial charge in [-0.2, -0.15) is 0 Å². The first-order valence-corrected chi connectivity index (χ1v) is 7.19. The van der Waals surface area contributed by atoms with Gasteiger partial charge in [-0.3, -0.25) is 4.98 Å². The zero-order valence-electron chi connectivity index (χ0n) is 13.2. The molecule has 0 fully saturated rings. The molecule has 1 aromatic heterocycles. The van der Waals surface area contributed by atoms with E-state index in [1.165, 1.54) is 11.1 Å². The Morgan fingerprint density at radius 1 is 1.20 bits per heavy atom. The maximum absolute atomic E-state index is 4.60. The monoisotopic (exact) mass is 271 g/mol. The molecular weight excluding hydrogens is 246 g/mol. The topological polar surface area (TPSA) is 28.2 Å². The molecule has 1 aromatic carbocycles. The number of fused-ring (bicyclic) bond motifs is 1. The Labute approximate surface area is 122 Å². The van der Waals surface area contributed by atoms with E-state index in [2.05, 4.69) is 74.2 Å². The highest BCUT2D eigenvalue weighted by Crippen LogP contribution is 2.25. The van der Waals surface area contributed by atoms with Crippen LogP contribution < -0.4 is 10.2 Å². The third-order valence-corrected chi connectivity index (χ3v) is 3.34. The molecule has 108 valence electrons. The summed E-state index contributed by atoms with van der Waals surface area (Å²) in [4.78, 5) is 6.90. The van der Waals surface area contributed by atoms with Crippen molar-refractivity contribution >= 4 is 16.6 Å². The van der Waals surface area contributed by atoms with E-state index < -0.39 is 0 Å². The molecule has 0 unspecified atom stereocenters. The summed E-state index contributed by atoms with van der Waals surface area (Å²) in [5.41, 5.74) is 3.55. The highest BCUT2D eigenvalue weighted by Gasteiger charge is 2.11. The van der Waals surface area contributed by atoms with Gasteiger partial charge in [0.25, 0.3) is 0 Å². The van der Waals surface area contributed by atoms with Crippen molar-refractivity contribution in [1.29, 1.82) is 0 Å². The number of pyridine rings is 1. The van der Waals surface area contributed by atoms with Crippen LogP contribution in [-0.2, 0) is 0 Å². The number of rotatable bonds is 4. The fraction of sp³-hybridized carbons (Fsp3) is 0.471. The smallest absolute Gasteiger partial charge is 0.0726 e. The van der Waals surface area contributed by atoms with Gasteiger partial charge in [0.2, 0.25) is 0 Å². The lowest BCUT2D eigenvalue weighted by Crippen LogP contribution is -2.40. The van der Waals surface area contributed by atoms with Crippen molar-refractivity contribution in [3.05, 3.63) is 36.0 Å². The summed E-state index contributed by atoms with van der Waals surface area (Å²) < 4.78 is 0. The lowest BCUT2D eigenvalue weighted by molar-refractivity contribution is 0.431. The summed E-state index contributed by atoms with van der Waals surface area (Å²) in [6.45, 7) is 10.6. The van der Waals surface area contributed by atoms with E-state index in [4.69, 9.17) is 0 Å². The summed E-state index contributed by atoms with van der Waals surface area (Å²) in [7, 11) is 2.14. The van der Waals surface area contributed by atoms with Crippen LogP contribution in [0, 0.1) is 6.92 Å². The SMILES string of the molecule is Cc1cc(N(C)CCNC(C)(C)C)c2ccccc2n1. The van der Waals surface area contributed by atoms with Crippen LogP contribution in [0.2, 0.25) is 0 Å². The fourth-order valence-corrected chi connectivity index (χ4v) is 2.32. The maximum Gasteiger partial charge on any atom is 0.0726 e. The maximum atomic E-state index is 4.60. The van der Waals surface area contributed by atoms with Crippen LogP contribution >= 0.6 is 0 Å². The largest absolute Gasteiger partial charge is 0.373 e. The average molecular weight is 271 g/mol. The molecule has 1 heterocycles. The van der Waals surface area contributed by atoms with Gasteiger partial charge >= 0.3 is 0 Å². The van der Waals surface area contributed by atoms with Crippen molar-refractivity contribution in [2.24, 2.45) is 0 Å². The van der Waals surface area contributed by atoms with Crippen LogP contribution in [0.3, 0.4) is 0 Å². The Hall–Kier alpha value is -1.61. The molecule has 1 N–H and O–H groups in total. The lowest BCUT2D eigenvalue weighted by atomic mass is 10.1. The molecule has 3 heteroatoms. The van der Waals surface area contributed by atoms with E-state index in [0.717, 1.165) is 24.3 Å². The number of aryl methyl sites for hydroxylation is 1. The molecule has 0 bridgehead atoms. The number of anilines is 1. The van der Waals surface area contributed by atoms with Crippen LogP contribution in [0.1, 0.15) is 26.5 Å². The van der Waals surface area contributed by atoms with Gasteiger partial charge in [0.05, 0.1) is 5.52 Å². The van der Waals surface area contributed by atoms with Crippen molar-refractivity contribution in [3.8, 4) is 0 Å². The summed E-state index contributed by atoms with van der Waals surface area (Å²) in [6.07, 6.45) is 0. The highest BCUT2D eigenvalue weighted by molar-refractivity contribution is 5.91. The zero-order chi connectivity index (χ0) is 14.8. The average Bonchev–Trinajstić information content (AvgIpc) is 2.36. The van der Waals surface area contributed by atoms with E-state index in [0.29, 0.717) is 0 Å². The van der Waals surface area contributed by atoms with E-state index in [9.17, 15) is 0 Å². The van der Waals surface area contributed by atoms with Crippen LogP contribution in [0.5, 0.6) is 0 Å². The molecule has 2 rings (SSSR count). The molecular formula is C17H25N3. The molecule has 3 nitrogen and oxygen atoms in total. The Bertz CT molecular complexity index is 584. The summed E-state index contributed by atoms with van der Waals surface area (Å²) in [5.74, 6) is 0. The number of hydrogen-bond acceptors (Lipinski definition) is 3. The molecule has 0 aliphatic rings. The van der Waals surface area contributed by atoms with Gasteiger partial charge in [0.1, 0.15) is 0 Å². The molecule has 0 aliphatic carbocycles. The predicted molar refractivity (Wildman–Crippen MR) is 87.5 cm³/mol. The van der Waals surface area contributed by atoms with Crippen LogP contribution in [0.25, 0.3) is 10.9 Å². The highest BCUT2D eigenvalue weighted by atomic mass is 15.1. The Balaban J connectivity index is 2.19. The first-order chi connectivity index (χ1) is 9.37. The number of likely N-dealkylation sites (N-methyl/N-ethyl adjacent to an activating group) is 1. The molecule has 0 saturated heterocycles. The molecule has 0 amide bonds. The lowest BCUT2D eigenvalue weighted by Gasteiger charge is -2.25. The van der Waals surface area contributed by atoms with Gasteiger partial charge in [-0.25, -0.2) is 0 Å². The predicted octanol–water partition coefficient (Wildman–Crippen LogP) is 3.37. The molecule has 0 aliphatic heterocycles. The van der Waals surface area contributed by atoms with E-state index in [1.807, 2.05) is 6.07 Å². The number of nitrogens with zero attached hydrogens (tertiary/aromatic N) is 2. The molecule has 0 spiro atoms. The third-order valence-electron chi connectivity index (χ3n) is 3.34. The third kappa shape index (κ3) is 3.70. The number of para-hydroxylation sites is 1. The van der Waals surface area contributed by atoms with Gasteiger partial charge < -0.3 is 10.2 Å². The Morgan fingerprint density at radius 3 is 2.60 bits per heavy atom. The van der Waals surface area contributed by atoms with Gasteiger partial charge in [-0.15, -0.1) is 0 Å². The molecule has 2 aromatic rings. The van der Waals surface area contributed by atoms with Crippen molar-refractivity contribution in [3.63, 3.8) is 0 Å². The minimum Gasteiger partial charge on any atom is -0.373 e. The number of hydrogen-bond donors (Lipinski definition) is 1. The second-order valence-electron chi connectivity index (χ2n) is 6.40. The van der Waals surface area contributed by atoms with Crippen LogP contribution in [-0.4, -0.2) is 30.7 Å². The van der Waals surface area contributed by atoms with Crippen molar-refractivity contribution in [2.75, 3.05) is 25.0 Å². The number of aromatic nitrogens is 1. The van der Waals surface area contributed by atoms with Crippen LogP contribution in [0.4, 0.5) is 5.69 Å². The Kier molecular flexibility index (Phi) is 4.29. The zero-order valence-corrected chi connectivity index (χ0v) is 13.2. The van der Waals surface area contributed by atoms with Crippen LogP contribution in [0.15, 0.2) is 30.3 Å². The normalized spacial score (nSPS) is 11.8. The molecule has 20 heavy (non-hydrogen) atoms. The fourth-order valence-electron chi connectivity index (χ4n) is 2.32. The summed E-state index contributed by atoms with van der Waals surface area (Å²) >= 11 is 0. The Morgan fingerprint density at radius 2 is 1.90 bits per heavy atom. The molecule has 0 atom stereocenters. The minimum atomic E-state index is 0.164. The number of benzene rings is 1. The van der Waals surface area contributed by atoms with E-state index >= 15 is 0 Å². The second kappa shape index (κ2) is 5.80. The molecule has 0 saturated carbocycles. The quantitative estimate of drug-likeness (QED) is 0.924. The second-order valence-corrected chi connectivity index (χ2v) is 6.40. The number of nitrogens with one attached hydrogen (secondary N) is 1. The van der Waals surface area contributed by atoms with E-state index in [1.54, 1.807) is 0 Å². The minimum absolute atomic E-state index is 0.164. The van der Waals surface area contributed by atoms with Gasteiger partial charge in [-0.05, 0) is 39.8 Å². The first kappa shape index (κ1) is 14.8. The summed E-state index contributed by atoms with van der Waals surface area (Å²) in [5, 5.41) is 4.75. The van der Waals surface area contributed by atoms with Gasteiger partial charge in [-0.1, -0.05) is 18.2 Å². The standard InChI is InChI=1S/C17H25N3/c1-13-12-16(14-8-6-7-9-15(14)19-13)20(5)11-10-18-17(2,3)4/h6-9,12,18H,10-11H2,1-5H3. The van der Waals surface area contributed by atoms with Crippen molar-refractivity contribution in [2.45, 2.75) is 33.2 Å².